The van der Waals surface area contributed by atoms with Gasteiger partial charge < -0.3 is 9.84 Å². The van der Waals surface area contributed by atoms with Crippen molar-refractivity contribution in [2.24, 2.45) is 4.99 Å². The van der Waals surface area contributed by atoms with E-state index < -0.39 is 11.0 Å². The van der Waals surface area contributed by atoms with Gasteiger partial charge in [0, 0.05) is 23.3 Å². The summed E-state index contributed by atoms with van der Waals surface area (Å²) in [5.41, 5.74) is 4.78. The van der Waals surface area contributed by atoms with Gasteiger partial charge in [-0.15, -0.1) is 0 Å². The van der Waals surface area contributed by atoms with Gasteiger partial charge in [0.15, 0.2) is 4.80 Å². The number of aromatic hydroxyl groups is 1. The first-order valence-electron chi connectivity index (χ1n) is 11.8. The number of nitrogens with zero attached hydrogens (tertiary/aromatic N) is 3. The van der Waals surface area contributed by atoms with Crippen LogP contribution in [0.1, 0.15) is 34.7 Å². The highest BCUT2D eigenvalue weighted by atomic mass is 79.9. The molecule has 0 radical (unpaired) electrons. The van der Waals surface area contributed by atoms with Crippen molar-refractivity contribution in [3.63, 3.8) is 0 Å². The molecule has 190 valence electrons. The van der Waals surface area contributed by atoms with Crippen molar-refractivity contribution < 1.29 is 14.8 Å². The van der Waals surface area contributed by atoms with Crippen molar-refractivity contribution in [1.82, 2.24) is 4.57 Å². The molecule has 2 heterocycles. The monoisotopic (exact) mass is 589 g/mol. The Balaban J connectivity index is 1.63. The molecule has 38 heavy (non-hydrogen) atoms. The van der Waals surface area contributed by atoms with E-state index in [4.69, 9.17) is 9.73 Å². The maximum absolute atomic E-state index is 13.9. The molecule has 4 aromatic rings. The molecule has 8 nitrogen and oxygen atoms in total. The van der Waals surface area contributed by atoms with E-state index in [9.17, 15) is 20.0 Å². The summed E-state index contributed by atoms with van der Waals surface area (Å²) in [5.74, 6) is 0.505. The lowest BCUT2D eigenvalue weighted by atomic mass is 9.83. The Kier molecular flexibility index (Phi) is 6.00. The minimum absolute atomic E-state index is 0.170. The fourth-order valence-electron chi connectivity index (χ4n) is 5.10. The molecule has 3 aromatic carbocycles. The molecule has 1 aliphatic heterocycles. The number of fused-ring (bicyclic) bond motifs is 3. The number of nitro benzene ring substituents is 1. The number of methoxy groups -OCH3 is 1. The lowest BCUT2D eigenvalue weighted by molar-refractivity contribution is -0.385. The molecule has 0 fully saturated rings. The number of phenols is 1. The number of ether oxygens (including phenoxy) is 1. The number of thiazole rings is 1. The molecule has 6 rings (SSSR count). The molecule has 10 heteroatoms. The predicted octanol–water partition coefficient (Wildman–Crippen LogP) is 4.70. The quantitative estimate of drug-likeness (QED) is 0.274. The highest BCUT2D eigenvalue weighted by molar-refractivity contribution is 9.10. The molecule has 1 N–H and O–H groups in total. The second-order valence-electron chi connectivity index (χ2n) is 9.01. The van der Waals surface area contributed by atoms with Crippen LogP contribution in [0.2, 0.25) is 0 Å². The Labute approximate surface area is 228 Å². The zero-order valence-electron chi connectivity index (χ0n) is 20.1. The number of non-ortho nitro benzene ring substituents is 1. The third-order valence-electron chi connectivity index (χ3n) is 6.86. The number of hydrogen-bond donors (Lipinski definition) is 1. The summed E-state index contributed by atoms with van der Waals surface area (Å²) in [5, 5.41) is 22.0. The largest absolute Gasteiger partial charge is 0.506 e. The number of rotatable bonds is 4. The molecule has 0 unspecified atom stereocenters. The first-order valence-corrected chi connectivity index (χ1v) is 13.4. The van der Waals surface area contributed by atoms with E-state index in [1.165, 1.54) is 35.1 Å². The van der Waals surface area contributed by atoms with Gasteiger partial charge in [-0.05, 0) is 63.7 Å². The highest BCUT2D eigenvalue weighted by Gasteiger charge is 2.32. The van der Waals surface area contributed by atoms with E-state index in [0.717, 1.165) is 35.2 Å². The minimum atomic E-state index is -0.544. The van der Waals surface area contributed by atoms with E-state index in [1.807, 2.05) is 36.4 Å². The number of aromatic nitrogens is 1. The molecular weight excluding hydrogens is 570 g/mol. The second-order valence-corrected chi connectivity index (χ2v) is 10.9. The van der Waals surface area contributed by atoms with Gasteiger partial charge in [0.1, 0.15) is 11.5 Å². The van der Waals surface area contributed by atoms with E-state index in [2.05, 4.69) is 28.1 Å². The molecule has 1 atom stereocenters. The van der Waals surface area contributed by atoms with Crippen molar-refractivity contribution in [2.75, 3.05) is 7.11 Å². The molecule has 2 aliphatic rings. The number of hydrogen-bond acceptors (Lipinski definition) is 7. The van der Waals surface area contributed by atoms with Crippen LogP contribution in [0, 0.1) is 10.1 Å². The molecule has 0 amide bonds. The van der Waals surface area contributed by atoms with Crippen molar-refractivity contribution in [1.29, 1.82) is 0 Å². The molecule has 1 aromatic heterocycles. The average molecular weight is 590 g/mol. The van der Waals surface area contributed by atoms with Crippen LogP contribution in [0.15, 0.2) is 80.5 Å². The summed E-state index contributed by atoms with van der Waals surface area (Å²) in [6.07, 6.45) is 3.07. The first-order chi connectivity index (χ1) is 18.4. The van der Waals surface area contributed by atoms with Gasteiger partial charge in [-0.1, -0.05) is 47.7 Å². The topological polar surface area (TPSA) is 107 Å². The van der Waals surface area contributed by atoms with Gasteiger partial charge in [0.2, 0.25) is 0 Å². The number of phenolic OH excluding ortho intramolecular Hbond substituents is 1. The fraction of sp³-hybridized carbons (Fsp3) is 0.143. The summed E-state index contributed by atoms with van der Waals surface area (Å²) in [7, 11) is 1.61. The number of allylic oxidation sites excluding steroid dienone is 1. The Hall–Kier alpha value is -4.02. The smallest absolute Gasteiger partial charge is 0.271 e. The lowest BCUT2D eigenvalue weighted by Crippen LogP contribution is -2.38. The zero-order valence-corrected chi connectivity index (χ0v) is 22.5. The Morgan fingerprint density at radius 2 is 2.00 bits per heavy atom. The number of benzene rings is 3. The van der Waals surface area contributed by atoms with Gasteiger partial charge in [-0.3, -0.25) is 19.5 Å². The van der Waals surface area contributed by atoms with Crippen LogP contribution in [0.25, 0.3) is 11.8 Å². The highest BCUT2D eigenvalue weighted by Crippen LogP contribution is 2.41. The van der Waals surface area contributed by atoms with Gasteiger partial charge >= 0.3 is 0 Å². The Morgan fingerprint density at radius 3 is 2.79 bits per heavy atom. The van der Waals surface area contributed by atoms with Gasteiger partial charge in [0.25, 0.3) is 11.2 Å². The second kappa shape index (κ2) is 9.38. The van der Waals surface area contributed by atoms with Gasteiger partial charge in [-0.2, -0.15) is 0 Å². The maximum atomic E-state index is 13.9. The van der Waals surface area contributed by atoms with Crippen LogP contribution < -0.4 is 19.6 Å². The number of halogens is 1. The molecule has 0 bridgehead atoms. The predicted molar refractivity (Wildman–Crippen MR) is 148 cm³/mol. The third kappa shape index (κ3) is 3.97. The molecule has 0 spiro atoms. The van der Waals surface area contributed by atoms with Gasteiger partial charge in [0.05, 0.1) is 32.8 Å². The van der Waals surface area contributed by atoms with E-state index >= 15 is 0 Å². The Morgan fingerprint density at radius 1 is 1.18 bits per heavy atom. The van der Waals surface area contributed by atoms with E-state index in [0.29, 0.717) is 15.1 Å². The summed E-state index contributed by atoms with van der Waals surface area (Å²) < 4.78 is 7.65. The first kappa shape index (κ1) is 24.3. The summed E-state index contributed by atoms with van der Waals surface area (Å²) in [4.78, 5) is 30.2. The standard InChI is InChI=1S/C28H20BrN3O5S/c1-37-19-7-4-6-16(12-19)25-21-10-9-15-5-2-3-8-20(15)24(21)30-28-31(25)27(34)23(38-28)13-17-11-18(32(35)36)14-22(29)26(17)33/h2-8,11-14,25,33H,9-10H2,1H3/b23-13+/t25-/m1/s1. The molecule has 0 saturated carbocycles. The average Bonchev–Trinajstić information content (AvgIpc) is 3.24. The van der Waals surface area contributed by atoms with Crippen molar-refractivity contribution in [2.45, 2.75) is 18.9 Å². The van der Waals surface area contributed by atoms with Crippen molar-refractivity contribution >= 4 is 44.7 Å². The van der Waals surface area contributed by atoms with Gasteiger partial charge in [-0.25, -0.2) is 4.99 Å². The number of nitro groups is 1. The Bertz CT molecular complexity index is 1860. The molecule has 1 aliphatic carbocycles. The maximum Gasteiger partial charge on any atom is 0.271 e. The minimum Gasteiger partial charge on any atom is -0.506 e. The van der Waals surface area contributed by atoms with Crippen LogP contribution in [0.4, 0.5) is 5.69 Å². The van der Waals surface area contributed by atoms with Crippen molar-refractivity contribution in [3.8, 4) is 11.5 Å². The summed E-state index contributed by atoms with van der Waals surface area (Å²) in [6, 6.07) is 17.9. The summed E-state index contributed by atoms with van der Waals surface area (Å²) in [6.45, 7) is 0. The fourth-order valence-corrected chi connectivity index (χ4v) is 6.55. The summed E-state index contributed by atoms with van der Waals surface area (Å²) >= 11 is 4.36. The SMILES string of the molecule is COc1cccc([C@@H]2C3=C(N=c4s/c(=C/c5cc([N+](=O)[O-])cc(Br)c5O)c(=O)n42)c2ccccc2CC3)c1. The van der Waals surface area contributed by atoms with E-state index in [1.54, 1.807) is 11.7 Å². The lowest BCUT2D eigenvalue weighted by Gasteiger charge is -2.31. The van der Waals surface area contributed by atoms with Crippen LogP contribution in [0.5, 0.6) is 11.5 Å². The van der Waals surface area contributed by atoms with Crippen LogP contribution >= 0.6 is 27.3 Å². The third-order valence-corrected chi connectivity index (χ3v) is 8.44. The van der Waals surface area contributed by atoms with E-state index in [-0.39, 0.29) is 27.0 Å². The zero-order chi connectivity index (χ0) is 26.6. The van der Waals surface area contributed by atoms with Crippen LogP contribution in [0.3, 0.4) is 0 Å². The molecule has 0 saturated heterocycles. The van der Waals surface area contributed by atoms with Crippen LogP contribution in [-0.2, 0) is 6.42 Å². The molecular formula is C28H20BrN3O5S. The van der Waals surface area contributed by atoms with Crippen LogP contribution in [-0.4, -0.2) is 21.7 Å². The van der Waals surface area contributed by atoms with Crippen molar-refractivity contribution in [3.05, 3.63) is 123 Å². The normalized spacial score (nSPS) is 16.4. The number of aryl methyl sites for hydroxylation is 1.